The maximum atomic E-state index is 13.0. The third-order valence-corrected chi connectivity index (χ3v) is 7.87. The summed E-state index contributed by atoms with van der Waals surface area (Å²) in [5.41, 5.74) is 1.11. The molecule has 0 radical (unpaired) electrons. The Hall–Kier alpha value is -3.06. The molecule has 0 unspecified atom stereocenters. The predicted octanol–water partition coefficient (Wildman–Crippen LogP) is 0.493. The molecule has 11 heteroatoms. The van der Waals surface area contributed by atoms with Crippen molar-refractivity contribution in [3.8, 4) is 22.6 Å². The Balaban J connectivity index is 1.88. The molecule has 2 aromatic rings. The van der Waals surface area contributed by atoms with Crippen molar-refractivity contribution < 1.29 is 47.1 Å². The molecule has 0 aromatic heterocycles. The summed E-state index contributed by atoms with van der Waals surface area (Å²) in [6.07, 6.45) is 2.50. The Morgan fingerprint density at radius 2 is 1.76 bits per heavy atom. The molecule has 9 nitrogen and oxygen atoms in total. The molecule has 0 saturated heterocycles. The number of nitrogens with one attached hydrogen (secondary N) is 2. The molecular weight excluding hydrogens is 573 g/mol. The van der Waals surface area contributed by atoms with Crippen LogP contribution in [0.15, 0.2) is 69.4 Å². The monoisotopic (exact) mass is 598 g/mol. The third-order valence-electron chi connectivity index (χ3n) is 4.32. The van der Waals surface area contributed by atoms with Crippen molar-refractivity contribution >= 4 is 22.3 Å². The van der Waals surface area contributed by atoms with E-state index in [0.29, 0.717) is 8.70 Å². The SMILES string of the molecule is COc1ccc(-c2cccc(OC3=CC=[N+]([O-])[I-]C=C3S(=O)(=O)NC(=O)NC(C)(C)C)c2)cc1. The van der Waals surface area contributed by atoms with Crippen LogP contribution in [0.2, 0.25) is 0 Å². The molecule has 0 spiro atoms. The minimum atomic E-state index is -4.31. The fourth-order valence-electron chi connectivity index (χ4n) is 2.86. The van der Waals surface area contributed by atoms with Crippen LogP contribution < -0.4 is 41.0 Å². The Labute approximate surface area is 209 Å². The van der Waals surface area contributed by atoms with Gasteiger partial charge in [0.25, 0.3) is 0 Å². The fraction of sp³-hybridized carbons (Fsp3) is 0.217. The van der Waals surface area contributed by atoms with Crippen LogP contribution in [0.1, 0.15) is 20.8 Å². The van der Waals surface area contributed by atoms with Crippen molar-refractivity contribution in [1.29, 1.82) is 0 Å². The van der Waals surface area contributed by atoms with E-state index in [9.17, 15) is 18.4 Å². The van der Waals surface area contributed by atoms with Crippen LogP contribution in [0, 0.1) is 5.21 Å². The van der Waals surface area contributed by atoms with Gasteiger partial charge in [-0.1, -0.05) is 0 Å². The summed E-state index contributed by atoms with van der Waals surface area (Å²) in [5, 5.41) is 14.5. The molecule has 2 amide bonds. The molecule has 182 valence electrons. The van der Waals surface area contributed by atoms with Gasteiger partial charge in [0.05, 0.1) is 7.11 Å². The molecule has 0 saturated carbocycles. The average molecular weight is 598 g/mol. The number of sulfonamides is 1. The average Bonchev–Trinajstić information content (AvgIpc) is 2.94. The Bertz CT molecular complexity index is 1260. The minimum absolute atomic E-state index is 0.0685. The number of carbonyl (C=O) groups is 1. The number of methoxy groups -OCH3 is 1. The van der Waals surface area contributed by atoms with E-state index in [0.717, 1.165) is 16.9 Å². The number of rotatable bonds is 6. The maximum absolute atomic E-state index is 13.0. The zero-order valence-corrected chi connectivity index (χ0v) is 22.0. The van der Waals surface area contributed by atoms with Gasteiger partial charge >= 0.3 is 203 Å². The van der Waals surface area contributed by atoms with Gasteiger partial charge in [0.15, 0.2) is 0 Å². The molecular formula is C23H25IN3O6S-. The van der Waals surface area contributed by atoms with E-state index in [4.69, 9.17) is 9.47 Å². The second-order valence-corrected chi connectivity index (χ2v) is 12.0. The quantitative estimate of drug-likeness (QED) is 0.284. The van der Waals surface area contributed by atoms with Gasteiger partial charge in [-0.3, -0.25) is 0 Å². The second kappa shape index (κ2) is 10.5. The van der Waals surface area contributed by atoms with Gasteiger partial charge in [0, 0.05) is 0 Å². The van der Waals surface area contributed by atoms with Crippen LogP contribution in [-0.4, -0.2) is 36.3 Å². The molecule has 2 aromatic carbocycles. The van der Waals surface area contributed by atoms with E-state index >= 15 is 0 Å². The summed E-state index contributed by atoms with van der Waals surface area (Å²) < 4.78 is 41.1. The van der Waals surface area contributed by atoms with E-state index in [1.807, 2.05) is 35.1 Å². The molecule has 0 fully saturated rings. The first-order valence-corrected chi connectivity index (χ1v) is 13.8. The first-order chi connectivity index (χ1) is 16.0. The van der Waals surface area contributed by atoms with Gasteiger partial charge in [-0.05, 0) is 0 Å². The number of hydrogen-bond acceptors (Lipinski definition) is 6. The van der Waals surface area contributed by atoms with Gasteiger partial charge in [0.2, 0.25) is 0 Å². The van der Waals surface area contributed by atoms with Gasteiger partial charge in [-0.15, -0.1) is 0 Å². The van der Waals surface area contributed by atoms with Crippen molar-refractivity contribution in [3.63, 3.8) is 0 Å². The van der Waals surface area contributed by atoms with E-state index in [1.165, 1.54) is 16.4 Å². The van der Waals surface area contributed by atoms with Crippen LogP contribution in [-0.2, 0) is 10.0 Å². The number of allylic oxidation sites excluding steroid dienone is 1. The van der Waals surface area contributed by atoms with Crippen LogP contribution in [0.3, 0.4) is 0 Å². The van der Waals surface area contributed by atoms with Crippen LogP contribution in [0.5, 0.6) is 11.5 Å². The van der Waals surface area contributed by atoms with E-state index in [1.54, 1.807) is 46.1 Å². The number of hydrogen-bond donors (Lipinski definition) is 2. The standard InChI is InChI=1S/C23H25IN3O6S/c1-23(2,3)25-22(28)26-34(30,31)21-15-24-27(29)13-12-20(21)33-19-7-5-6-17(14-19)16-8-10-18(32-4)11-9-16/h5-15H,1-4H3,(H2,25,26,28)/q-1. The normalized spacial score (nSPS) is 14.4. The number of ether oxygens (including phenoxy) is 2. The van der Waals surface area contributed by atoms with Gasteiger partial charge < -0.3 is 0 Å². The third kappa shape index (κ3) is 6.97. The van der Waals surface area contributed by atoms with E-state index in [-0.39, 0.29) is 10.7 Å². The van der Waals surface area contributed by atoms with Crippen LogP contribution in [0.25, 0.3) is 11.1 Å². The topological polar surface area (TPSA) is 120 Å². The predicted molar refractivity (Wildman–Crippen MR) is 125 cm³/mol. The Morgan fingerprint density at radius 1 is 1.06 bits per heavy atom. The number of carbonyl (C=O) groups excluding carboxylic acids is 1. The second-order valence-electron chi connectivity index (χ2n) is 8.19. The first kappa shape index (κ1) is 25.6. The van der Waals surface area contributed by atoms with Crippen LogP contribution in [0.4, 0.5) is 4.79 Å². The molecule has 3 rings (SSSR count). The van der Waals surface area contributed by atoms with Gasteiger partial charge in [-0.25, -0.2) is 0 Å². The summed E-state index contributed by atoms with van der Waals surface area (Å²) >= 11 is -1.32. The summed E-state index contributed by atoms with van der Waals surface area (Å²) in [7, 11) is -2.72. The number of benzene rings is 2. The number of halogens is 1. The summed E-state index contributed by atoms with van der Waals surface area (Å²) in [6, 6.07) is 13.7. The zero-order chi connectivity index (χ0) is 24.9. The summed E-state index contributed by atoms with van der Waals surface area (Å²) in [6.45, 7) is 5.18. The van der Waals surface area contributed by atoms with Crippen molar-refractivity contribution in [3.05, 3.63) is 74.6 Å². The molecule has 1 heterocycles. The Kier molecular flexibility index (Phi) is 7.87. The summed E-state index contributed by atoms with van der Waals surface area (Å²) in [5.74, 6) is 1.02. The number of amides is 2. The molecule has 0 bridgehead atoms. The van der Waals surface area contributed by atoms with Crippen molar-refractivity contribution in [1.82, 2.24) is 10.0 Å². The van der Waals surface area contributed by atoms with Gasteiger partial charge in [-0.2, -0.15) is 0 Å². The summed E-state index contributed by atoms with van der Waals surface area (Å²) in [4.78, 5) is 11.9. The van der Waals surface area contributed by atoms with Crippen LogP contribution >= 0.6 is 0 Å². The fourth-order valence-corrected chi connectivity index (χ4v) is 6.20. The van der Waals surface area contributed by atoms with Gasteiger partial charge in [0.1, 0.15) is 0 Å². The molecule has 1 aliphatic heterocycles. The van der Waals surface area contributed by atoms with Crippen molar-refractivity contribution in [2.24, 2.45) is 0 Å². The molecule has 0 aliphatic carbocycles. The zero-order valence-electron chi connectivity index (χ0n) is 19.0. The molecule has 34 heavy (non-hydrogen) atoms. The Morgan fingerprint density at radius 3 is 2.41 bits per heavy atom. The molecule has 1 aliphatic rings. The first-order valence-electron chi connectivity index (χ1n) is 10.1. The van der Waals surface area contributed by atoms with Crippen molar-refractivity contribution in [2.75, 3.05) is 7.11 Å². The van der Waals surface area contributed by atoms with E-state index in [2.05, 4.69) is 5.32 Å². The number of nitrogens with zero attached hydrogens (tertiary/aromatic N) is 1. The van der Waals surface area contributed by atoms with Crippen molar-refractivity contribution in [2.45, 2.75) is 26.3 Å². The van der Waals surface area contributed by atoms with E-state index < -0.39 is 43.1 Å². The number of urea groups is 1. The molecule has 0 atom stereocenters. The molecule has 2 N–H and O–H groups in total.